The third-order valence-electron chi connectivity index (χ3n) is 3.02. The summed E-state index contributed by atoms with van der Waals surface area (Å²) < 4.78 is 2.09. The van der Waals surface area contributed by atoms with Crippen molar-refractivity contribution in [2.24, 2.45) is 5.92 Å². The molecular formula is C12H19N3O. The summed E-state index contributed by atoms with van der Waals surface area (Å²) in [5.74, 6) is 0.315. The van der Waals surface area contributed by atoms with Gasteiger partial charge in [-0.3, -0.25) is 4.79 Å². The third-order valence-corrected chi connectivity index (χ3v) is 3.02. The Balaban J connectivity index is 1.94. The highest BCUT2D eigenvalue weighted by atomic mass is 16.1. The van der Waals surface area contributed by atoms with E-state index in [-0.39, 0.29) is 11.8 Å². The van der Waals surface area contributed by atoms with Crippen LogP contribution in [0.2, 0.25) is 0 Å². The summed E-state index contributed by atoms with van der Waals surface area (Å²) in [4.78, 5) is 15.9. The molecule has 1 atom stereocenters. The van der Waals surface area contributed by atoms with E-state index in [1.54, 1.807) is 0 Å². The molecule has 0 bridgehead atoms. The van der Waals surface area contributed by atoms with E-state index in [1.165, 1.54) is 0 Å². The SMILES string of the molecule is CCCn1cnc(C[C@@H]2CCCNC2=O)c1. The zero-order chi connectivity index (χ0) is 11.4. The van der Waals surface area contributed by atoms with Gasteiger partial charge in [-0.2, -0.15) is 0 Å². The second-order valence-electron chi connectivity index (χ2n) is 4.44. The maximum atomic E-state index is 11.6. The molecule has 4 nitrogen and oxygen atoms in total. The second kappa shape index (κ2) is 5.14. The first-order chi connectivity index (χ1) is 7.79. The van der Waals surface area contributed by atoms with Crippen LogP contribution in [0.4, 0.5) is 0 Å². The molecular weight excluding hydrogens is 202 g/mol. The number of carbonyl (C=O) groups excluding carboxylic acids is 1. The molecule has 2 heterocycles. The first-order valence-electron chi connectivity index (χ1n) is 6.08. The highest BCUT2D eigenvalue weighted by molar-refractivity contribution is 5.79. The number of nitrogens with zero attached hydrogens (tertiary/aromatic N) is 2. The number of aryl methyl sites for hydroxylation is 1. The van der Waals surface area contributed by atoms with Gasteiger partial charge in [0.25, 0.3) is 0 Å². The van der Waals surface area contributed by atoms with Crippen molar-refractivity contribution in [2.75, 3.05) is 6.54 Å². The van der Waals surface area contributed by atoms with Crippen molar-refractivity contribution in [3.63, 3.8) is 0 Å². The van der Waals surface area contributed by atoms with E-state index in [0.29, 0.717) is 0 Å². The summed E-state index contributed by atoms with van der Waals surface area (Å²) in [7, 11) is 0. The molecule has 0 radical (unpaired) electrons. The lowest BCUT2D eigenvalue weighted by molar-refractivity contribution is -0.126. The van der Waals surface area contributed by atoms with Crippen LogP contribution in [0.3, 0.4) is 0 Å². The van der Waals surface area contributed by atoms with Crippen molar-refractivity contribution < 1.29 is 4.79 Å². The second-order valence-corrected chi connectivity index (χ2v) is 4.44. The summed E-state index contributed by atoms with van der Waals surface area (Å²) in [6, 6.07) is 0. The number of amides is 1. The molecule has 0 aromatic carbocycles. The summed E-state index contributed by atoms with van der Waals surface area (Å²) >= 11 is 0. The van der Waals surface area contributed by atoms with Crippen LogP contribution in [-0.4, -0.2) is 22.0 Å². The maximum absolute atomic E-state index is 11.6. The Bertz CT molecular complexity index is 359. The summed E-state index contributed by atoms with van der Waals surface area (Å²) in [6.07, 6.45) is 7.89. The third kappa shape index (κ3) is 2.62. The lowest BCUT2D eigenvalue weighted by Crippen LogP contribution is -2.37. The number of rotatable bonds is 4. The van der Waals surface area contributed by atoms with Gasteiger partial charge in [-0.25, -0.2) is 4.98 Å². The molecule has 1 aliphatic heterocycles. The van der Waals surface area contributed by atoms with Crippen LogP contribution in [0, 0.1) is 5.92 Å². The van der Waals surface area contributed by atoms with Crippen molar-refractivity contribution in [1.82, 2.24) is 14.9 Å². The first kappa shape index (κ1) is 11.2. The molecule has 0 spiro atoms. The van der Waals surface area contributed by atoms with Crippen molar-refractivity contribution in [3.8, 4) is 0 Å². The van der Waals surface area contributed by atoms with Crippen molar-refractivity contribution in [3.05, 3.63) is 18.2 Å². The van der Waals surface area contributed by atoms with Gasteiger partial charge in [0.1, 0.15) is 0 Å². The lowest BCUT2D eigenvalue weighted by Gasteiger charge is -2.20. The van der Waals surface area contributed by atoms with Gasteiger partial charge in [0.15, 0.2) is 0 Å². The number of hydrogen-bond acceptors (Lipinski definition) is 2. The molecule has 1 amide bonds. The van der Waals surface area contributed by atoms with E-state index in [9.17, 15) is 4.79 Å². The zero-order valence-electron chi connectivity index (χ0n) is 9.78. The molecule has 1 aromatic rings. The Labute approximate surface area is 96.1 Å². The van der Waals surface area contributed by atoms with E-state index >= 15 is 0 Å². The first-order valence-corrected chi connectivity index (χ1v) is 6.08. The minimum Gasteiger partial charge on any atom is -0.356 e. The van der Waals surface area contributed by atoms with Gasteiger partial charge in [-0.15, -0.1) is 0 Å². The molecule has 0 unspecified atom stereocenters. The molecule has 2 rings (SSSR count). The van der Waals surface area contributed by atoms with Gasteiger partial charge in [0.05, 0.1) is 12.0 Å². The normalized spacial score (nSPS) is 20.8. The van der Waals surface area contributed by atoms with E-state index in [4.69, 9.17) is 0 Å². The largest absolute Gasteiger partial charge is 0.356 e. The summed E-state index contributed by atoms with van der Waals surface area (Å²) in [6.45, 7) is 3.98. The number of piperidine rings is 1. The van der Waals surface area contributed by atoms with Crippen molar-refractivity contribution in [2.45, 2.75) is 39.2 Å². The van der Waals surface area contributed by atoms with Crippen LogP contribution in [0.15, 0.2) is 12.5 Å². The Morgan fingerprint density at radius 2 is 2.50 bits per heavy atom. The Morgan fingerprint density at radius 1 is 1.62 bits per heavy atom. The molecule has 0 aliphatic carbocycles. The van der Waals surface area contributed by atoms with Gasteiger partial charge < -0.3 is 9.88 Å². The summed E-state index contributed by atoms with van der Waals surface area (Å²) in [5.41, 5.74) is 1.04. The smallest absolute Gasteiger partial charge is 0.223 e. The van der Waals surface area contributed by atoms with Crippen LogP contribution in [0.1, 0.15) is 31.9 Å². The van der Waals surface area contributed by atoms with Crippen LogP contribution in [-0.2, 0) is 17.8 Å². The lowest BCUT2D eigenvalue weighted by atomic mass is 9.94. The monoisotopic (exact) mass is 221 g/mol. The predicted molar refractivity (Wildman–Crippen MR) is 62.0 cm³/mol. The fraction of sp³-hybridized carbons (Fsp3) is 0.667. The molecule has 4 heteroatoms. The van der Waals surface area contributed by atoms with Crippen LogP contribution < -0.4 is 5.32 Å². The average Bonchev–Trinajstić information content (AvgIpc) is 2.70. The van der Waals surface area contributed by atoms with Gasteiger partial charge in [0, 0.05) is 31.6 Å². The fourth-order valence-corrected chi connectivity index (χ4v) is 2.17. The van der Waals surface area contributed by atoms with E-state index in [2.05, 4.69) is 28.0 Å². The molecule has 88 valence electrons. The molecule has 1 aliphatic rings. The van der Waals surface area contributed by atoms with Crippen LogP contribution in [0.25, 0.3) is 0 Å². The molecule has 1 saturated heterocycles. The number of hydrogen-bond donors (Lipinski definition) is 1. The molecule has 1 fully saturated rings. The fourth-order valence-electron chi connectivity index (χ4n) is 2.17. The quantitative estimate of drug-likeness (QED) is 0.834. The average molecular weight is 221 g/mol. The van der Waals surface area contributed by atoms with Gasteiger partial charge >= 0.3 is 0 Å². The molecule has 1 aromatic heterocycles. The van der Waals surface area contributed by atoms with Gasteiger partial charge in [0.2, 0.25) is 5.91 Å². The zero-order valence-corrected chi connectivity index (χ0v) is 9.78. The highest BCUT2D eigenvalue weighted by Gasteiger charge is 2.22. The number of aromatic nitrogens is 2. The maximum Gasteiger partial charge on any atom is 0.223 e. The molecule has 0 saturated carbocycles. The van der Waals surface area contributed by atoms with Crippen LogP contribution >= 0.6 is 0 Å². The Kier molecular flexibility index (Phi) is 3.59. The van der Waals surface area contributed by atoms with E-state index in [1.807, 2.05) is 6.33 Å². The number of nitrogens with one attached hydrogen (secondary N) is 1. The van der Waals surface area contributed by atoms with Crippen molar-refractivity contribution >= 4 is 5.91 Å². The topological polar surface area (TPSA) is 46.9 Å². The van der Waals surface area contributed by atoms with Crippen LogP contribution in [0.5, 0.6) is 0 Å². The van der Waals surface area contributed by atoms with Gasteiger partial charge in [-0.1, -0.05) is 6.92 Å². The van der Waals surface area contributed by atoms with Crippen molar-refractivity contribution in [1.29, 1.82) is 0 Å². The standard InChI is InChI=1S/C12H19N3O/c1-2-6-15-8-11(14-9-15)7-10-4-3-5-13-12(10)16/h8-10H,2-7H2,1H3,(H,13,16)/t10-/m0/s1. The minimum atomic E-state index is 0.124. The highest BCUT2D eigenvalue weighted by Crippen LogP contribution is 2.16. The predicted octanol–water partition coefficient (Wildman–Crippen LogP) is 1.36. The van der Waals surface area contributed by atoms with E-state index < -0.39 is 0 Å². The minimum absolute atomic E-state index is 0.124. The molecule has 16 heavy (non-hydrogen) atoms. The van der Waals surface area contributed by atoms with Gasteiger partial charge in [-0.05, 0) is 19.3 Å². The molecule has 1 N–H and O–H groups in total. The summed E-state index contributed by atoms with van der Waals surface area (Å²) in [5, 5.41) is 2.91. The Hall–Kier alpha value is -1.32. The number of imidazole rings is 1. The number of carbonyl (C=O) groups is 1. The van der Waals surface area contributed by atoms with E-state index in [0.717, 1.165) is 44.5 Å². The Morgan fingerprint density at radius 3 is 3.25 bits per heavy atom.